The lowest BCUT2D eigenvalue weighted by Gasteiger charge is -2.18. The number of aliphatic carboxylic acids is 4. The highest BCUT2D eigenvalue weighted by Gasteiger charge is 2.24. The number of anilines is 4. The third-order valence-electron chi connectivity index (χ3n) is 11.3. The van der Waals surface area contributed by atoms with Gasteiger partial charge in [0.1, 0.15) is 23.1 Å². The second kappa shape index (κ2) is 28.2. The number of aromatic nitrogens is 6. The van der Waals surface area contributed by atoms with Gasteiger partial charge < -0.3 is 70.4 Å². The number of fused-ring (bicyclic) bond motifs is 2. The van der Waals surface area contributed by atoms with Gasteiger partial charge in [0, 0.05) is 35.4 Å². The summed E-state index contributed by atoms with van der Waals surface area (Å²) in [6.07, 6.45) is 3.79. The summed E-state index contributed by atoms with van der Waals surface area (Å²) in [6, 6.07) is 18.7. The molecule has 0 saturated heterocycles. The Labute approximate surface area is 417 Å². The lowest BCUT2D eigenvalue weighted by molar-refractivity contribution is -0.142. The first-order valence-corrected chi connectivity index (χ1v) is 22.4. The van der Waals surface area contributed by atoms with Gasteiger partial charge in [0.05, 0.1) is 11.0 Å². The molecule has 4 heterocycles. The average molecular weight is 1020 g/mol. The van der Waals surface area contributed by atoms with Gasteiger partial charge in [0.2, 0.25) is 11.9 Å². The van der Waals surface area contributed by atoms with Crippen molar-refractivity contribution < 1.29 is 65.6 Å². The maximum Gasteiger partial charge on any atom is 0.326 e. The van der Waals surface area contributed by atoms with E-state index in [2.05, 4.69) is 54.4 Å². The molecule has 4 aromatic heterocycles. The molecule has 6 aromatic rings. The zero-order valence-corrected chi connectivity index (χ0v) is 40.0. The second-order valence-corrected chi connectivity index (χ2v) is 16.5. The van der Waals surface area contributed by atoms with Crippen LogP contribution in [-0.2, 0) is 32.0 Å². The van der Waals surface area contributed by atoms with Crippen molar-refractivity contribution >= 4 is 81.3 Å². The number of amides is 2. The van der Waals surface area contributed by atoms with Crippen LogP contribution >= 0.6 is 0 Å². The van der Waals surface area contributed by atoms with Crippen LogP contribution in [0.25, 0.3) is 22.1 Å². The molecule has 0 bridgehead atoms. The molecule has 0 aliphatic rings. The van der Waals surface area contributed by atoms with Crippen LogP contribution in [0.4, 0.5) is 23.5 Å². The third kappa shape index (κ3) is 17.3. The number of nitrogens with zero attached hydrogens (tertiary/aromatic N) is 6. The van der Waals surface area contributed by atoms with Crippen LogP contribution in [-0.4, -0.2) is 115 Å². The molecule has 4 atom stereocenters. The van der Waals surface area contributed by atoms with Crippen LogP contribution in [0.3, 0.4) is 0 Å². The fourth-order valence-corrected chi connectivity index (χ4v) is 7.74. The Bertz CT molecular complexity index is 2660. The monoisotopic (exact) mass is 1010 g/mol. The van der Waals surface area contributed by atoms with Crippen molar-refractivity contribution in [2.45, 2.75) is 102 Å². The predicted octanol–water partition coefficient (Wildman–Crippen LogP) is 2.25. The predicted molar refractivity (Wildman–Crippen MR) is 270 cm³/mol. The Morgan fingerprint density at radius 3 is 1.12 bits per heavy atom. The smallest absolute Gasteiger partial charge is 0.326 e. The molecule has 2 unspecified atom stereocenters. The summed E-state index contributed by atoms with van der Waals surface area (Å²) in [5, 5.41) is 40.8. The number of carbonyl (C=O) groups is 6. The molecule has 6 rings (SSSR count). The number of carboxylic acid groups (broad SMARTS) is 4. The Morgan fingerprint density at radius 1 is 0.479 bits per heavy atom. The number of hydrogen-bond acceptors (Lipinski definition) is 16. The number of nitrogens with two attached hydrogens (primary N) is 4. The van der Waals surface area contributed by atoms with Crippen molar-refractivity contribution in [2.75, 3.05) is 22.9 Å². The van der Waals surface area contributed by atoms with E-state index in [4.69, 9.17) is 33.1 Å². The van der Waals surface area contributed by atoms with E-state index < -0.39 is 47.8 Å². The molecule has 2 amide bonds. The molecule has 73 heavy (non-hydrogen) atoms. The van der Waals surface area contributed by atoms with Gasteiger partial charge in [-0.2, -0.15) is 9.97 Å². The maximum atomic E-state index is 12.5. The first-order chi connectivity index (χ1) is 33.3. The van der Waals surface area contributed by atoms with Crippen LogP contribution in [0.15, 0.2) is 72.8 Å². The molecular weight excluding hydrogens is 953 g/mol. The molecule has 0 spiro atoms. The van der Waals surface area contributed by atoms with Crippen molar-refractivity contribution in [1.82, 2.24) is 40.5 Å². The minimum absolute atomic E-state index is 0. The van der Waals surface area contributed by atoms with Crippen LogP contribution in [0.5, 0.6) is 0 Å². The second-order valence-electron chi connectivity index (χ2n) is 16.5. The number of nitrogen functional groups attached to an aromatic ring is 4. The van der Waals surface area contributed by atoms with Crippen molar-refractivity contribution in [3.63, 3.8) is 0 Å². The summed E-state index contributed by atoms with van der Waals surface area (Å²) in [4.78, 5) is 94.7. The standard InChI is InChI=1S/2C24H28N6O5.3H2O/c2*1-2-3-15(12-16-8-9-17-20(27-16)21(25)30-24(26)29-17)13-4-6-14(7-5-13)22(33)28-18(23(34)35)10-11-19(31)32;;;/h2*4-9,15,18H,2-3,10-12H2,1H3,(H,28,33)(H,31,32)(H,34,35)(H4,25,26,29,30);3*1H2/t2*15?,18-;;;/m00.../s1. The SMILES string of the molecule is CCCC(Cc1ccc2nc(N)nc(N)c2n1)c1ccc(C(=O)N[C@@H](CCC(=O)O)C(=O)O)cc1.CCCC(Cc1ccc2nc(N)nc(N)c2n1)c1ccc(C(=O)N[C@@H](CCC(=O)O)C(=O)O)cc1.O.O.O. The molecule has 0 aliphatic heterocycles. The fourth-order valence-electron chi connectivity index (χ4n) is 7.74. The molecule has 0 saturated carbocycles. The van der Waals surface area contributed by atoms with Gasteiger partial charge in [0.25, 0.3) is 11.8 Å². The molecule has 0 aliphatic carbocycles. The van der Waals surface area contributed by atoms with Crippen molar-refractivity contribution in [3.05, 3.63) is 106 Å². The van der Waals surface area contributed by atoms with Gasteiger partial charge in [-0.3, -0.25) is 19.2 Å². The number of nitrogens with one attached hydrogen (secondary N) is 2. The summed E-state index contributed by atoms with van der Waals surface area (Å²) in [5.74, 6) is -5.09. The fraction of sp³-hybridized carbons (Fsp3) is 0.333. The summed E-state index contributed by atoms with van der Waals surface area (Å²) < 4.78 is 0. The van der Waals surface area contributed by atoms with Gasteiger partial charge in [-0.05, 0) is 110 Å². The topological polar surface area (TPSA) is 483 Å². The summed E-state index contributed by atoms with van der Waals surface area (Å²) in [7, 11) is 0. The number of carboxylic acids is 4. The highest BCUT2D eigenvalue weighted by molar-refractivity contribution is 5.97. The molecule has 25 heteroatoms. The molecule has 2 aromatic carbocycles. The average Bonchev–Trinajstić information content (AvgIpc) is 3.31. The van der Waals surface area contributed by atoms with Gasteiger partial charge in [0.15, 0.2) is 11.6 Å². The van der Waals surface area contributed by atoms with E-state index in [1.807, 2.05) is 48.5 Å². The van der Waals surface area contributed by atoms with E-state index in [1.54, 1.807) is 24.3 Å². The number of rotatable bonds is 22. The zero-order chi connectivity index (χ0) is 51.1. The maximum absolute atomic E-state index is 12.5. The third-order valence-corrected chi connectivity index (χ3v) is 11.3. The van der Waals surface area contributed by atoms with Gasteiger partial charge in [-0.25, -0.2) is 29.5 Å². The first-order valence-electron chi connectivity index (χ1n) is 22.4. The molecule has 392 valence electrons. The normalized spacial score (nSPS) is 12.2. The van der Waals surface area contributed by atoms with Gasteiger partial charge in [-0.1, -0.05) is 51.0 Å². The lowest BCUT2D eigenvalue weighted by Crippen LogP contribution is -2.41. The Hall–Kier alpha value is -8.68. The van der Waals surface area contributed by atoms with E-state index in [-0.39, 0.29) is 88.6 Å². The lowest BCUT2D eigenvalue weighted by atomic mass is 9.89. The summed E-state index contributed by atoms with van der Waals surface area (Å²) in [6.45, 7) is 4.17. The molecule has 25 nitrogen and oxygen atoms in total. The molecule has 0 fully saturated rings. The van der Waals surface area contributed by atoms with Gasteiger partial charge in [-0.15, -0.1) is 0 Å². The molecule has 0 radical (unpaired) electrons. The Morgan fingerprint density at radius 2 is 0.822 bits per heavy atom. The highest BCUT2D eigenvalue weighted by atomic mass is 16.4. The van der Waals surface area contributed by atoms with Crippen LogP contribution in [0, 0.1) is 0 Å². The number of pyridine rings is 2. The Balaban J connectivity index is 0.000000480. The van der Waals surface area contributed by atoms with Crippen LogP contribution in [0.1, 0.15) is 120 Å². The summed E-state index contributed by atoms with van der Waals surface area (Å²) in [5.41, 5.74) is 29.6. The van der Waals surface area contributed by atoms with Crippen LogP contribution in [0.2, 0.25) is 0 Å². The van der Waals surface area contributed by atoms with Crippen molar-refractivity contribution in [3.8, 4) is 0 Å². The van der Waals surface area contributed by atoms with E-state index >= 15 is 0 Å². The van der Waals surface area contributed by atoms with E-state index in [0.29, 0.717) is 34.9 Å². The zero-order valence-electron chi connectivity index (χ0n) is 40.0. The highest BCUT2D eigenvalue weighted by Crippen LogP contribution is 2.29. The number of carbonyl (C=O) groups excluding carboxylic acids is 2. The number of benzene rings is 2. The van der Waals surface area contributed by atoms with Gasteiger partial charge >= 0.3 is 23.9 Å². The minimum Gasteiger partial charge on any atom is -0.481 e. The van der Waals surface area contributed by atoms with Crippen LogP contribution < -0.4 is 33.6 Å². The minimum atomic E-state index is -1.28. The van der Waals surface area contributed by atoms with E-state index in [1.165, 1.54) is 0 Å². The molecular formula is C48H62N12O13. The molecule has 20 N–H and O–H groups in total. The summed E-state index contributed by atoms with van der Waals surface area (Å²) >= 11 is 0. The van der Waals surface area contributed by atoms with E-state index in [0.717, 1.165) is 48.2 Å². The first kappa shape index (κ1) is 60.4. The Kier molecular flexibility index (Phi) is 23.4. The largest absolute Gasteiger partial charge is 0.481 e. The van der Waals surface area contributed by atoms with Crippen molar-refractivity contribution in [2.24, 2.45) is 0 Å². The van der Waals surface area contributed by atoms with Crippen molar-refractivity contribution in [1.29, 1.82) is 0 Å². The number of hydrogen-bond donors (Lipinski definition) is 10. The quantitative estimate of drug-likeness (QED) is 0.0466. The van der Waals surface area contributed by atoms with E-state index in [9.17, 15) is 39.0 Å².